The molecule has 0 spiro atoms. The molecular weight excluding hydrogens is 296 g/mol. The Morgan fingerprint density at radius 2 is 1.68 bits per heavy atom. The average molecular weight is 318 g/mol. The number of aromatic nitrogens is 2. The van der Waals surface area contributed by atoms with Crippen molar-refractivity contribution >= 4 is 11.8 Å². The molecule has 5 heteroatoms. The Bertz CT molecular complexity index is 548. The van der Waals surface area contributed by atoms with Gasteiger partial charge >= 0.3 is 0 Å². The second kappa shape index (κ2) is 8.63. The maximum atomic E-state index is 5.79. The molecular formula is C17H22N2O2S. The smallest absolute Gasteiger partial charge is 0.187 e. The van der Waals surface area contributed by atoms with Gasteiger partial charge in [0.15, 0.2) is 5.16 Å². The van der Waals surface area contributed by atoms with E-state index < -0.39 is 0 Å². The van der Waals surface area contributed by atoms with Gasteiger partial charge in [-0.15, -0.1) is 0 Å². The van der Waals surface area contributed by atoms with E-state index in [2.05, 4.69) is 30.7 Å². The highest BCUT2D eigenvalue weighted by molar-refractivity contribution is 7.99. The Morgan fingerprint density at radius 3 is 2.32 bits per heavy atom. The highest BCUT2D eigenvalue weighted by atomic mass is 32.2. The zero-order valence-electron chi connectivity index (χ0n) is 13.2. The molecule has 2 aromatic rings. The van der Waals surface area contributed by atoms with Crippen molar-refractivity contribution in [3.63, 3.8) is 0 Å². The number of nitrogens with zero attached hydrogens (tertiary/aromatic N) is 2. The lowest BCUT2D eigenvalue weighted by atomic mass is 10.3. The van der Waals surface area contributed by atoms with Crippen LogP contribution >= 0.6 is 11.8 Å². The lowest BCUT2D eigenvalue weighted by molar-refractivity contribution is 0.217. The quantitative estimate of drug-likeness (QED) is 0.539. The molecule has 1 aromatic heterocycles. The monoisotopic (exact) mass is 318 g/mol. The summed E-state index contributed by atoms with van der Waals surface area (Å²) < 4.78 is 11.5. The molecule has 22 heavy (non-hydrogen) atoms. The Balaban J connectivity index is 1.79. The van der Waals surface area contributed by atoms with Gasteiger partial charge in [-0.3, -0.25) is 0 Å². The van der Waals surface area contributed by atoms with Crippen LogP contribution in [0.5, 0.6) is 11.5 Å². The number of ether oxygens (including phenoxy) is 2. The van der Waals surface area contributed by atoms with Crippen LogP contribution in [0.15, 0.2) is 47.9 Å². The first-order chi connectivity index (χ1) is 10.7. The standard InChI is InChI=1S/C17H22N2O2S/c1-4-13(2)21-16-8-6-15(7-9-16)20-12-14(3)22-17-18-10-5-11-19-17/h5-11,13-14H,4,12H2,1-3H3. The summed E-state index contributed by atoms with van der Waals surface area (Å²) in [6.07, 6.45) is 4.72. The molecule has 0 N–H and O–H groups in total. The minimum Gasteiger partial charge on any atom is -0.492 e. The molecule has 0 aliphatic carbocycles. The Hall–Kier alpha value is -1.75. The summed E-state index contributed by atoms with van der Waals surface area (Å²) in [7, 11) is 0. The fourth-order valence-electron chi connectivity index (χ4n) is 1.70. The molecule has 1 aromatic carbocycles. The van der Waals surface area contributed by atoms with Gasteiger partial charge in [-0.05, 0) is 50.6 Å². The number of thioether (sulfide) groups is 1. The Kier molecular flexibility index (Phi) is 6.52. The second-order valence-electron chi connectivity index (χ2n) is 5.08. The summed E-state index contributed by atoms with van der Waals surface area (Å²) in [6.45, 7) is 6.88. The topological polar surface area (TPSA) is 44.2 Å². The van der Waals surface area contributed by atoms with Gasteiger partial charge in [-0.1, -0.05) is 18.7 Å². The molecule has 4 nitrogen and oxygen atoms in total. The third-order valence-corrected chi connectivity index (χ3v) is 4.03. The van der Waals surface area contributed by atoms with Crippen LogP contribution < -0.4 is 9.47 Å². The first-order valence-corrected chi connectivity index (χ1v) is 8.38. The molecule has 0 aliphatic heterocycles. The minimum atomic E-state index is 0.231. The largest absolute Gasteiger partial charge is 0.492 e. The van der Waals surface area contributed by atoms with Crippen LogP contribution in [0.25, 0.3) is 0 Å². The van der Waals surface area contributed by atoms with Crippen molar-refractivity contribution in [2.75, 3.05) is 6.61 Å². The normalized spacial score (nSPS) is 13.4. The van der Waals surface area contributed by atoms with Crippen LogP contribution in [0.1, 0.15) is 27.2 Å². The molecule has 0 fully saturated rings. The van der Waals surface area contributed by atoms with Crippen LogP contribution in [-0.2, 0) is 0 Å². The van der Waals surface area contributed by atoms with E-state index in [1.54, 1.807) is 24.2 Å². The van der Waals surface area contributed by atoms with Gasteiger partial charge in [0, 0.05) is 17.6 Å². The Morgan fingerprint density at radius 1 is 1.05 bits per heavy atom. The van der Waals surface area contributed by atoms with Gasteiger partial charge in [0.2, 0.25) is 0 Å². The highest BCUT2D eigenvalue weighted by Crippen LogP contribution is 2.22. The van der Waals surface area contributed by atoms with E-state index in [4.69, 9.17) is 9.47 Å². The third kappa shape index (κ3) is 5.56. The molecule has 2 rings (SSSR count). The van der Waals surface area contributed by atoms with Gasteiger partial charge in [-0.25, -0.2) is 9.97 Å². The fourth-order valence-corrected chi connectivity index (χ4v) is 2.44. The molecule has 2 unspecified atom stereocenters. The summed E-state index contributed by atoms with van der Waals surface area (Å²) in [6, 6.07) is 9.58. The molecule has 0 bridgehead atoms. The van der Waals surface area contributed by atoms with E-state index in [0.29, 0.717) is 6.61 Å². The van der Waals surface area contributed by atoms with Gasteiger partial charge in [0.25, 0.3) is 0 Å². The minimum absolute atomic E-state index is 0.231. The van der Waals surface area contributed by atoms with Crippen molar-refractivity contribution in [3.05, 3.63) is 42.7 Å². The molecule has 0 aliphatic rings. The summed E-state index contributed by atoms with van der Waals surface area (Å²) in [5.41, 5.74) is 0. The van der Waals surface area contributed by atoms with Crippen molar-refractivity contribution in [3.8, 4) is 11.5 Å². The predicted molar refractivity (Wildman–Crippen MR) is 89.7 cm³/mol. The molecule has 118 valence electrons. The number of hydrogen-bond acceptors (Lipinski definition) is 5. The molecule has 2 atom stereocenters. The lowest BCUT2D eigenvalue weighted by Crippen LogP contribution is -2.11. The molecule has 1 heterocycles. The summed E-state index contributed by atoms with van der Waals surface area (Å²) in [5.74, 6) is 1.72. The lowest BCUT2D eigenvalue weighted by Gasteiger charge is -2.14. The van der Waals surface area contributed by atoms with Gasteiger partial charge in [0.1, 0.15) is 18.1 Å². The van der Waals surface area contributed by atoms with Gasteiger partial charge in [-0.2, -0.15) is 0 Å². The summed E-state index contributed by atoms with van der Waals surface area (Å²) in [5, 5.41) is 1.05. The number of rotatable bonds is 8. The molecule has 0 saturated carbocycles. The van der Waals surface area contributed by atoms with E-state index in [0.717, 1.165) is 23.1 Å². The zero-order valence-corrected chi connectivity index (χ0v) is 14.0. The van der Waals surface area contributed by atoms with Crippen LogP contribution in [0, 0.1) is 0 Å². The highest BCUT2D eigenvalue weighted by Gasteiger charge is 2.08. The van der Waals surface area contributed by atoms with E-state index in [1.165, 1.54) is 0 Å². The Labute approximate surface area is 136 Å². The number of benzene rings is 1. The van der Waals surface area contributed by atoms with Gasteiger partial charge in [0.05, 0.1) is 6.10 Å². The average Bonchev–Trinajstić information content (AvgIpc) is 2.55. The SMILES string of the molecule is CCC(C)Oc1ccc(OCC(C)Sc2ncccn2)cc1. The van der Waals surface area contributed by atoms with Crippen molar-refractivity contribution in [2.45, 2.75) is 43.7 Å². The van der Waals surface area contributed by atoms with Crippen LogP contribution in [0.2, 0.25) is 0 Å². The summed E-state index contributed by atoms with van der Waals surface area (Å²) >= 11 is 1.61. The molecule has 0 radical (unpaired) electrons. The van der Waals surface area contributed by atoms with Crippen LogP contribution in [0.3, 0.4) is 0 Å². The van der Waals surface area contributed by atoms with Crippen molar-refractivity contribution in [2.24, 2.45) is 0 Å². The predicted octanol–water partition coefficient (Wildman–Crippen LogP) is 4.21. The zero-order chi connectivity index (χ0) is 15.8. The van der Waals surface area contributed by atoms with Gasteiger partial charge < -0.3 is 9.47 Å². The van der Waals surface area contributed by atoms with Crippen molar-refractivity contribution in [1.82, 2.24) is 9.97 Å². The van der Waals surface area contributed by atoms with E-state index in [9.17, 15) is 0 Å². The van der Waals surface area contributed by atoms with E-state index in [-0.39, 0.29) is 11.4 Å². The van der Waals surface area contributed by atoms with Crippen molar-refractivity contribution in [1.29, 1.82) is 0 Å². The van der Waals surface area contributed by atoms with Crippen LogP contribution in [0.4, 0.5) is 0 Å². The second-order valence-corrected chi connectivity index (χ2v) is 6.48. The maximum absolute atomic E-state index is 5.79. The molecule has 0 amide bonds. The maximum Gasteiger partial charge on any atom is 0.187 e. The van der Waals surface area contributed by atoms with Crippen molar-refractivity contribution < 1.29 is 9.47 Å². The fraction of sp³-hybridized carbons (Fsp3) is 0.412. The van der Waals surface area contributed by atoms with Crippen LogP contribution in [-0.4, -0.2) is 27.9 Å². The van der Waals surface area contributed by atoms with E-state index in [1.807, 2.05) is 30.3 Å². The molecule has 0 saturated heterocycles. The first-order valence-electron chi connectivity index (χ1n) is 7.50. The third-order valence-electron chi connectivity index (χ3n) is 3.07. The van der Waals surface area contributed by atoms with E-state index >= 15 is 0 Å². The number of hydrogen-bond donors (Lipinski definition) is 0. The first kappa shape index (κ1) is 16.6. The summed E-state index contributed by atoms with van der Waals surface area (Å²) in [4.78, 5) is 8.40.